The minimum absolute atomic E-state index is 0.0599. The summed E-state index contributed by atoms with van der Waals surface area (Å²) in [5.41, 5.74) is -1.40. The molecule has 0 aromatic carbocycles. The van der Waals surface area contributed by atoms with E-state index in [1.807, 2.05) is 0 Å². The van der Waals surface area contributed by atoms with Crippen LogP contribution in [0.5, 0.6) is 0 Å². The van der Waals surface area contributed by atoms with Crippen molar-refractivity contribution < 1.29 is 29.4 Å². The van der Waals surface area contributed by atoms with Gasteiger partial charge in [-0.3, -0.25) is 9.36 Å². The molecule has 1 atom stereocenters. The van der Waals surface area contributed by atoms with Crippen molar-refractivity contribution in [2.24, 2.45) is 0 Å². The van der Waals surface area contributed by atoms with Gasteiger partial charge in [0, 0.05) is 6.16 Å². The van der Waals surface area contributed by atoms with Crippen LogP contribution in [0.3, 0.4) is 0 Å². The SMILES string of the molecule is CC(O)(CCCP(=O)(O)O)CC(=O)O. The van der Waals surface area contributed by atoms with Crippen LogP contribution in [-0.2, 0) is 9.36 Å². The van der Waals surface area contributed by atoms with E-state index >= 15 is 0 Å². The fraction of sp³-hybridized carbons (Fsp3) is 0.857. The van der Waals surface area contributed by atoms with Gasteiger partial charge in [0.25, 0.3) is 0 Å². The Morgan fingerprint density at radius 3 is 2.29 bits per heavy atom. The molecule has 7 heteroatoms. The molecule has 0 rings (SSSR count). The Kier molecular flexibility index (Phi) is 4.74. The van der Waals surface area contributed by atoms with Crippen LogP contribution in [0.15, 0.2) is 0 Å². The average molecular weight is 226 g/mol. The van der Waals surface area contributed by atoms with E-state index in [0.29, 0.717) is 0 Å². The van der Waals surface area contributed by atoms with Crippen molar-refractivity contribution in [1.29, 1.82) is 0 Å². The van der Waals surface area contributed by atoms with E-state index in [2.05, 4.69) is 0 Å². The molecule has 14 heavy (non-hydrogen) atoms. The van der Waals surface area contributed by atoms with Gasteiger partial charge in [-0.05, 0) is 19.8 Å². The minimum atomic E-state index is -4.04. The molecule has 84 valence electrons. The first-order valence-corrected chi connectivity index (χ1v) is 5.91. The average Bonchev–Trinajstić information content (AvgIpc) is 1.78. The highest BCUT2D eigenvalue weighted by atomic mass is 31.2. The molecule has 0 heterocycles. The molecular formula is C7H15O6P. The van der Waals surface area contributed by atoms with Gasteiger partial charge in [-0.1, -0.05) is 0 Å². The summed E-state index contributed by atoms with van der Waals surface area (Å²) in [5, 5.41) is 17.8. The number of carbonyl (C=O) groups is 1. The zero-order valence-electron chi connectivity index (χ0n) is 7.88. The van der Waals surface area contributed by atoms with Crippen molar-refractivity contribution in [2.45, 2.75) is 31.8 Å². The third-order valence-electron chi connectivity index (χ3n) is 1.70. The zero-order valence-corrected chi connectivity index (χ0v) is 8.78. The lowest BCUT2D eigenvalue weighted by Gasteiger charge is -2.20. The second-order valence-electron chi connectivity index (χ2n) is 3.56. The van der Waals surface area contributed by atoms with Crippen molar-refractivity contribution in [3.63, 3.8) is 0 Å². The summed E-state index contributed by atoms with van der Waals surface area (Å²) in [6, 6.07) is 0. The molecule has 0 radical (unpaired) electrons. The van der Waals surface area contributed by atoms with Gasteiger partial charge in [0.1, 0.15) is 0 Å². The minimum Gasteiger partial charge on any atom is -0.481 e. The lowest BCUT2D eigenvalue weighted by molar-refractivity contribution is -0.142. The van der Waals surface area contributed by atoms with E-state index in [0.717, 1.165) is 0 Å². The molecular weight excluding hydrogens is 211 g/mol. The molecule has 6 nitrogen and oxygen atoms in total. The van der Waals surface area contributed by atoms with Crippen LogP contribution in [0, 0.1) is 0 Å². The maximum absolute atomic E-state index is 10.4. The largest absolute Gasteiger partial charge is 0.481 e. The molecule has 0 aromatic heterocycles. The molecule has 0 aromatic rings. The first kappa shape index (κ1) is 13.6. The Labute approximate surface area is 81.7 Å². The predicted molar refractivity (Wildman–Crippen MR) is 49.0 cm³/mol. The van der Waals surface area contributed by atoms with E-state index in [1.54, 1.807) is 0 Å². The molecule has 0 saturated carbocycles. The normalized spacial score (nSPS) is 16.3. The summed E-state index contributed by atoms with van der Waals surface area (Å²) in [6.45, 7) is 1.33. The molecule has 0 saturated heterocycles. The van der Waals surface area contributed by atoms with Crippen LogP contribution in [0.1, 0.15) is 26.2 Å². The molecule has 0 bridgehead atoms. The smallest absolute Gasteiger partial charge is 0.325 e. The van der Waals surface area contributed by atoms with E-state index in [-0.39, 0.29) is 19.0 Å². The van der Waals surface area contributed by atoms with Crippen molar-refractivity contribution in [3.8, 4) is 0 Å². The van der Waals surface area contributed by atoms with E-state index in [4.69, 9.17) is 14.9 Å². The van der Waals surface area contributed by atoms with Gasteiger partial charge >= 0.3 is 13.6 Å². The van der Waals surface area contributed by atoms with Gasteiger partial charge in [0.15, 0.2) is 0 Å². The van der Waals surface area contributed by atoms with Gasteiger partial charge in [-0.15, -0.1) is 0 Å². The Morgan fingerprint density at radius 1 is 1.43 bits per heavy atom. The maximum atomic E-state index is 10.4. The number of rotatable bonds is 6. The van der Waals surface area contributed by atoms with E-state index < -0.39 is 25.6 Å². The molecule has 0 spiro atoms. The summed E-state index contributed by atoms with van der Waals surface area (Å²) in [6.07, 6.45) is -0.591. The lowest BCUT2D eigenvalue weighted by Crippen LogP contribution is -2.27. The first-order valence-electron chi connectivity index (χ1n) is 4.11. The molecule has 0 amide bonds. The van der Waals surface area contributed by atoms with Crippen LogP contribution >= 0.6 is 7.60 Å². The van der Waals surface area contributed by atoms with Crippen LogP contribution in [0.4, 0.5) is 0 Å². The third-order valence-corrected chi connectivity index (χ3v) is 2.60. The van der Waals surface area contributed by atoms with E-state index in [9.17, 15) is 14.5 Å². The van der Waals surface area contributed by atoms with Gasteiger partial charge < -0.3 is 20.0 Å². The highest BCUT2D eigenvalue weighted by Crippen LogP contribution is 2.36. The van der Waals surface area contributed by atoms with E-state index in [1.165, 1.54) is 6.92 Å². The molecule has 0 aliphatic carbocycles. The second-order valence-corrected chi connectivity index (χ2v) is 5.34. The second kappa shape index (κ2) is 4.89. The summed E-state index contributed by atoms with van der Waals surface area (Å²) in [7, 11) is -4.04. The number of aliphatic hydroxyl groups is 1. The first-order chi connectivity index (χ1) is 6.12. The van der Waals surface area contributed by atoms with Gasteiger partial charge in [0.2, 0.25) is 0 Å². The molecule has 0 fully saturated rings. The molecule has 0 aliphatic rings. The standard InChI is InChI=1S/C7H15O6P/c1-7(10,5-6(8)9)3-2-4-14(11,12)13/h10H,2-5H2,1H3,(H,8,9)(H2,11,12,13). The van der Waals surface area contributed by atoms with Crippen molar-refractivity contribution in [3.05, 3.63) is 0 Å². The summed E-state index contributed by atoms with van der Waals surface area (Å²) in [4.78, 5) is 27.3. The Balaban J connectivity index is 3.88. The lowest BCUT2D eigenvalue weighted by atomic mass is 9.97. The van der Waals surface area contributed by atoms with Crippen LogP contribution < -0.4 is 0 Å². The van der Waals surface area contributed by atoms with Crippen LogP contribution in [0.2, 0.25) is 0 Å². The quantitative estimate of drug-likeness (QED) is 0.480. The maximum Gasteiger partial charge on any atom is 0.325 e. The summed E-state index contributed by atoms with van der Waals surface area (Å²) >= 11 is 0. The molecule has 1 unspecified atom stereocenters. The molecule has 4 N–H and O–H groups in total. The summed E-state index contributed by atoms with van der Waals surface area (Å²) in [5.74, 6) is -1.13. The number of carboxylic acid groups (broad SMARTS) is 1. The van der Waals surface area contributed by atoms with Crippen molar-refractivity contribution in [1.82, 2.24) is 0 Å². The number of hydrogen-bond acceptors (Lipinski definition) is 3. The third kappa shape index (κ3) is 8.19. The summed E-state index contributed by atoms with van der Waals surface area (Å²) < 4.78 is 10.4. The monoisotopic (exact) mass is 226 g/mol. The number of hydrogen-bond donors (Lipinski definition) is 4. The van der Waals surface area contributed by atoms with Crippen molar-refractivity contribution >= 4 is 13.6 Å². The predicted octanol–water partition coefficient (Wildman–Crippen LogP) is 0.170. The fourth-order valence-corrected chi connectivity index (χ4v) is 1.65. The Morgan fingerprint density at radius 2 is 1.93 bits per heavy atom. The van der Waals surface area contributed by atoms with Gasteiger partial charge in [-0.25, -0.2) is 0 Å². The topological polar surface area (TPSA) is 115 Å². The zero-order chi connectivity index (χ0) is 11.4. The molecule has 0 aliphatic heterocycles. The van der Waals surface area contributed by atoms with Gasteiger partial charge in [-0.2, -0.15) is 0 Å². The highest BCUT2D eigenvalue weighted by Gasteiger charge is 2.25. The fourth-order valence-electron chi connectivity index (χ4n) is 1.08. The Bertz CT molecular complexity index is 243. The number of carboxylic acids is 1. The van der Waals surface area contributed by atoms with Crippen molar-refractivity contribution in [2.75, 3.05) is 6.16 Å². The Hall–Kier alpha value is -0.420. The highest BCUT2D eigenvalue weighted by molar-refractivity contribution is 7.51. The van der Waals surface area contributed by atoms with Gasteiger partial charge in [0.05, 0.1) is 12.0 Å². The van der Waals surface area contributed by atoms with Crippen LogP contribution in [-0.4, -0.2) is 37.7 Å². The number of aliphatic carboxylic acids is 1. The van der Waals surface area contributed by atoms with Crippen LogP contribution in [0.25, 0.3) is 0 Å².